The van der Waals surface area contributed by atoms with E-state index in [2.05, 4.69) is 12.1 Å². The molecule has 0 amide bonds. The van der Waals surface area contributed by atoms with Gasteiger partial charge < -0.3 is 5.11 Å². The number of carbonyl (C=O) groups is 1. The monoisotopic (exact) mass is 280 g/mol. The minimum atomic E-state index is 0.131. The first-order valence-corrected chi connectivity index (χ1v) is 7.28. The van der Waals surface area contributed by atoms with Crippen LogP contribution in [0.3, 0.4) is 0 Å². The lowest BCUT2D eigenvalue weighted by Gasteiger charge is -2.00. The van der Waals surface area contributed by atoms with E-state index >= 15 is 0 Å². The maximum absolute atomic E-state index is 11.8. The lowest BCUT2D eigenvalue weighted by Crippen LogP contribution is -1.93. The summed E-state index contributed by atoms with van der Waals surface area (Å²) in [4.78, 5) is 11.8. The van der Waals surface area contributed by atoms with E-state index in [9.17, 15) is 9.90 Å². The Bertz CT molecular complexity index is 600. The van der Waals surface area contributed by atoms with Crippen LogP contribution in [0.1, 0.15) is 30.4 Å². The van der Waals surface area contributed by atoms with Crippen LogP contribution in [0.2, 0.25) is 0 Å². The van der Waals surface area contributed by atoms with E-state index in [1.54, 1.807) is 30.4 Å². The van der Waals surface area contributed by atoms with Crippen molar-refractivity contribution in [3.05, 3.63) is 71.8 Å². The Morgan fingerprint density at radius 1 is 1.00 bits per heavy atom. The predicted molar refractivity (Wildman–Crippen MR) is 86.1 cm³/mol. The van der Waals surface area contributed by atoms with Crippen LogP contribution in [-0.2, 0) is 11.2 Å². The molecule has 0 aliphatic heterocycles. The minimum Gasteiger partial charge on any atom is -0.508 e. The van der Waals surface area contributed by atoms with Crippen LogP contribution in [0.15, 0.2) is 60.7 Å². The molecule has 0 radical (unpaired) electrons. The number of allylic oxidation sites excluding steroid dienone is 1. The van der Waals surface area contributed by atoms with E-state index in [4.69, 9.17) is 0 Å². The predicted octanol–water partition coefficient (Wildman–Crippen LogP) is 4.39. The third-order valence-electron chi connectivity index (χ3n) is 3.31. The van der Waals surface area contributed by atoms with E-state index in [0.717, 1.165) is 24.8 Å². The Morgan fingerprint density at radius 3 is 2.57 bits per heavy atom. The molecular formula is C19H20O2. The first-order valence-electron chi connectivity index (χ1n) is 7.28. The number of ketones is 1. The molecule has 21 heavy (non-hydrogen) atoms. The van der Waals surface area contributed by atoms with E-state index in [0.29, 0.717) is 6.42 Å². The molecule has 2 aromatic rings. The number of hydrogen-bond acceptors (Lipinski definition) is 2. The van der Waals surface area contributed by atoms with Crippen molar-refractivity contribution in [1.29, 1.82) is 0 Å². The fraction of sp³-hybridized carbons (Fsp3) is 0.211. The molecule has 0 aromatic heterocycles. The van der Waals surface area contributed by atoms with Crippen molar-refractivity contribution in [3.8, 4) is 5.75 Å². The van der Waals surface area contributed by atoms with Gasteiger partial charge in [-0.3, -0.25) is 4.79 Å². The fourth-order valence-corrected chi connectivity index (χ4v) is 2.17. The first-order chi connectivity index (χ1) is 10.2. The first kappa shape index (κ1) is 15.0. The third kappa shape index (κ3) is 5.65. The number of aromatic hydroxyl groups is 1. The molecular weight excluding hydrogens is 260 g/mol. The second-order valence-corrected chi connectivity index (χ2v) is 5.09. The molecule has 0 saturated carbocycles. The van der Waals surface area contributed by atoms with Gasteiger partial charge in [-0.1, -0.05) is 48.5 Å². The summed E-state index contributed by atoms with van der Waals surface area (Å²) >= 11 is 0. The molecule has 0 bridgehead atoms. The molecule has 0 aliphatic carbocycles. The largest absolute Gasteiger partial charge is 0.508 e. The highest BCUT2D eigenvalue weighted by Gasteiger charge is 1.98. The zero-order valence-corrected chi connectivity index (χ0v) is 12.0. The molecule has 2 rings (SSSR count). The molecule has 0 spiro atoms. The standard InChI is InChI=1S/C19H20O2/c20-18(14-13-17-10-6-12-19(21)15-17)11-5-4-9-16-7-2-1-3-8-16/h1-3,6-8,10,12-15,21H,4-5,9,11H2/b14-13+. The summed E-state index contributed by atoms with van der Waals surface area (Å²) in [7, 11) is 0. The summed E-state index contributed by atoms with van der Waals surface area (Å²) in [6.45, 7) is 0. The molecule has 0 saturated heterocycles. The van der Waals surface area contributed by atoms with Gasteiger partial charge in [-0.2, -0.15) is 0 Å². The molecule has 0 atom stereocenters. The number of hydrogen-bond donors (Lipinski definition) is 1. The van der Waals surface area contributed by atoms with Crippen molar-refractivity contribution < 1.29 is 9.90 Å². The van der Waals surface area contributed by atoms with Gasteiger partial charge in [0, 0.05) is 6.42 Å². The Kier molecular flexibility index (Phi) is 5.77. The summed E-state index contributed by atoms with van der Waals surface area (Å²) in [5.74, 6) is 0.346. The van der Waals surface area contributed by atoms with Crippen molar-refractivity contribution >= 4 is 11.9 Å². The summed E-state index contributed by atoms with van der Waals surface area (Å²) in [6.07, 6.45) is 6.86. The Morgan fingerprint density at radius 2 is 1.81 bits per heavy atom. The van der Waals surface area contributed by atoms with Gasteiger partial charge in [0.1, 0.15) is 5.75 Å². The van der Waals surface area contributed by atoms with Crippen LogP contribution in [0.4, 0.5) is 0 Å². The molecule has 0 unspecified atom stereocenters. The van der Waals surface area contributed by atoms with Crippen LogP contribution >= 0.6 is 0 Å². The molecule has 0 heterocycles. The average molecular weight is 280 g/mol. The van der Waals surface area contributed by atoms with Crippen LogP contribution < -0.4 is 0 Å². The maximum atomic E-state index is 11.8. The lowest BCUT2D eigenvalue weighted by atomic mass is 10.1. The number of carbonyl (C=O) groups excluding carboxylic acids is 1. The SMILES string of the molecule is O=C(/C=C/c1cccc(O)c1)CCCCc1ccccc1. The van der Waals surface area contributed by atoms with Gasteiger partial charge in [0.25, 0.3) is 0 Å². The summed E-state index contributed by atoms with van der Waals surface area (Å²) in [5, 5.41) is 9.34. The van der Waals surface area contributed by atoms with Crippen molar-refractivity contribution in [2.75, 3.05) is 0 Å². The molecule has 2 nitrogen and oxygen atoms in total. The van der Waals surface area contributed by atoms with E-state index in [1.807, 2.05) is 24.3 Å². The zero-order valence-electron chi connectivity index (χ0n) is 12.0. The Balaban J connectivity index is 1.70. The van der Waals surface area contributed by atoms with Gasteiger partial charge in [0.2, 0.25) is 0 Å². The molecule has 2 aromatic carbocycles. The summed E-state index contributed by atoms with van der Waals surface area (Å²) in [6, 6.07) is 17.2. The van der Waals surface area contributed by atoms with Crippen molar-refractivity contribution in [1.82, 2.24) is 0 Å². The quantitative estimate of drug-likeness (QED) is 0.603. The third-order valence-corrected chi connectivity index (χ3v) is 3.31. The number of phenols is 1. The smallest absolute Gasteiger partial charge is 0.155 e. The highest BCUT2D eigenvalue weighted by Crippen LogP contribution is 2.12. The van der Waals surface area contributed by atoms with Crippen molar-refractivity contribution in [2.45, 2.75) is 25.7 Å². The summed E-state index contributed by atoms with van der Waals surface area (Å²) < 4.78 is 0. The lowest BCUT2D eigenvalue weighted by molar-refractivity contribution is -0.114. The average Bonchev–Trinajstić information content (AvgIpc) is 2.51. The van der Waals surface area contributed by atoms with Crippen LogP contribution in [-0.4, -0.2) is 10.9 Å². The van der Waals surface area contributed by atoms with Crippen molar-refractivity contribution in [2.24, 2.45) is 0 Å². The van der Waals surface area contributed by atoms with Gasteiger partial charge in [0.15, 0.2) is 5.78 Å². The topological polar surface area (TPSA) is 37.3 Å². The van der Waals surface area contributed by atoms with Gasteiger partial charge >= 0.3 is 0 Å². The van der Waals surface area contributed by atoms with Gasteiger partial charge in [-0.15, -0.1) is 0 Å². The Hall–Kier alpha value is -2.35. The second kappa shape index (κ2) is 8.05. The van der Waals surface area contributed by atoms with Crippen LogP contribution in [0.25, 0.3) is 6.08 Å². The number of benzene rings is 2. The highest BCUT2D eigenvalue weighted by molar-refractivity contribution is 5.93. The molecule has 2 heteroatoms. The zero-order chi connectivity index (χ0) is 14.9. The maximum Gasteiger partial charge on any atom is 0.155 e. The highest BCUT2D eigenvalue weighted by atomic mass is 16.3. The number of aryl methyl sites for hydroxylation is 1. The molecule has 0 aliphatic rings. The molecule has 1 N–H and O–H groups in total. The summed E-state index contributed by atoms with van der Waals surface area (Å²) in [5.41, 5.74) is 2.16. The number of unbranched alkanes of at least 4 members (excludes halogenated alkanes) is 1. The Labute approximate surface area is 125 Å². The van der Waals surface area contributed by atoms with Crippen molar-refractivity contribution in [3.63, 3.8) is 0 Å². The van der Waals surface area contributed by atoms with Gasteiger partial charge in [-0.25, -0.2) is 0 Å². The van der Waals surface area contributed by atoms with Gasteiger partial charge in [-0.05, 0) is 48.6 Å². The van der Waals surface area contributed by atoms with E-state index in [1.165, 1.54) is 5.56 Å². The molecule has 0 fully saturated rings. The minimum absolute atomic E-state index is 0.131. The van der Waals surface area contributed by atoms with E-state index in [-0.39, 0.29) is 11.5 Å². The van der Waals surface area contributed by atoms with Crippen LogP contribution in [0, 0.1) is 0 Å². The van der Waals surface area contributed by atoms with Gasteiger partial charge in [0.05, 0.1) is 0 Å². The number of rotatable bonds is 7. The van der Waals surface area contributed by atoms with E-state index < -0.39 is 0 Å². The molecule has 108 valence electrons. The normalized spacial score (nSPS) is 10.9. The fourth-order valence-electron chi connectivity index (χ4n) is 2.17. The number of phenolic OH excluding ortho intramolecular Hbond substituents is 1. The van der Waals surface area contributed by atoms with Crippen LogP contribution in [0.5, 0.6) is 5.75 Å². The second-order valence-electron chi connectivity index (χ2n) is 5.09.